The number of hydrogen-bond acceptors (Lipinski definition) is 6. The van der Waals surface area contributed by atoms with Crippen LogP contribution in [0.2, 0.25) is 0 Å². The van der Waals surface area contributed by atoms with E-state index in [1.807, 2.05) is 0 Å². The first-order valence-corrected chi connectivity index (χ1v) is 8.34. The summed E-state index contributed by atoms with van der Waals surface area (Å²) in [4.78, 5) is 23.9. The second-order valence-corrected chi connectivity index (χ2v) is 6.71. The fourth-order valence-electron chi connectivity index (χ4n) is 1.93. The summed E-state index contributed by atoms with van der Waals surface area (Å²) in [5.74, 6) is -2.59. The number of aryl methyl sites for hydroxylation is 2. The lowest BCUT2D eigenvalue weighted by atomic mass is 10.1. The monoisotopic (exact) mass is 391 g/mol. The van der Waals surface area contributed by atoms with Crippen molar-refractivity contribution in [3.05, 3.63) is 57.6 Å². The van der Waals surface area contributed by atoms with Crippen LogP contribution in [0.3, 0.4) is 0 Å². The van der Waals surface area contributed by atoms with Crippen LogP contribution in [-0.4, -0.2) is 19.8 Å². The van der Waals surface area contributed by atoms with Crippen molar-refractivity contribution in [1.29, 1.82) is 0 Å². The van der Waals surface area contributed by atoms with Gasteiger partial charge in [-0.3, -0.25) is 9.59 Å². The molecule has 1 amide bonds. The number of benzene rings is 1. The molecular weight excluding hydrogens is 379 g/mol. The van der Waals surface area contributed by atoms with E-state index in [0.717, 1.165) is 11.1 Å². The maximum absolute atomic E-state index is 12.3. The molecule has 140 valence electrons. The molecule has 1 heterocycles. The Bertz CT molecular complexity index is 991. The van der Waals surface area contributed by atoms with Crippen molar-refractivity contribution in [3.8, 4) is 5.75 Å². The highest BCUT2D eigenvalue weighted by Gasteiger charge is 2.49. The Morgan fingerprint density at radius 2 is 1.77 bits per heavy atom. The van der Waals surface area contributed by atoms with Crippen LogP contribution in [0, 0.1) is 13.8 Å². The van der Waals surface area contributed by atoms with Gasteiger partial charge in [0.05, 0.1) is 0 Å². The fraction of sp³-hybridized carbons (Fsp3) is 0.200. The Morgan fingerprint density at radius 3 is 2.27 bits per heavy atom. The molecule has 11 heteroatoms. The van der Waals surface area contributed by atoms with Gasteiger partial charge >= 0.3 is 15.6 Å². The van der Waals surface area contributed by atoms with E-state index in [4.69, 9.17) is 4.42 Å². The SMILES string of the molecule is Cc1cccc(C)c1NC(=O)c1cc(=O)c(OS(=O)(=O)C(F)(F)F)co1. The number of carbonyl (C=O) groups is 1. The van der Waals surface area contributed by atoms with Crippen LogP contribution >= 0.6 is 0 Å². The number of anilines is 1. The molecule has 1 aromatic heterocycles. The lowest BCUT2D eigenvalue weighted by molar-refractivity contribution is -0.0500. The standard InChI is InChI=1S/C15H12F3NO6S/c1-8-4-3-5-9(2)13(8)19-14(21)11-6-10(20)12(7-24-11)25-26(22,23)15(16,17)18/h3-7H,1-2H3,(H,19,21). The van der Waals surface area contributed by atoms with Gasteiger partial charge in [0.25, 0.3) is 5.91 Å². The molecule has 0 saturated carbocycles. The fourth-order valence-corrected chi connectivity index (χ4v) is 2.38. The molecule has 0 spiro atoms. The molecule has 26 heavy (non-hydrogen) atoms. The zero-order chi connectivity index (χ0) is 19.7. The molecule has 0 saturated heterocycles. The topological polar surface area (TPSA) is 103 Å². The minimum Gasteiger partial charge on any atom is -0.455 e. The number of hydrogen-bond donors (Lipinski definition) is 1. The van der Waals surface area contributed by atoms with Gasteiger partial charge in [0, 0.05) is 11.8 Å². The zero-order valence-corrected chi connectivity index (χ0v) is 14.2. The van der Waals surface area contributed by atoms with Crippen LogP contribution in [0.25, 0.3) is 0 Å². The van der Waals surface area contributed by atoms with Gasteiger partial charge in [-0.25, -0.2) is 0 Å². The van der Waals surface area contributed by atoms with E-state index in [0.29, 0.717) is 18.0 Å². The summed E-state index contributed by atoms with van der Waals surface area (Å²) in [6.45, 7) is 3.47. The molecule has 1 N–H and O–H groups in total. The van der Waals surface area contributed by atoms with Gasteiger partial charge in [-0.15, -0.1) is 0 Å². The van der Waals surface area contributed by atoms with Crippen LogP contribution in [-0.2, 0) is 10.1 Å². The molecule has 0 aliphatic rings. The van der Waals surface area contributed by atoms with Crippen molar-refractivity contribution in [2.75, 3.05) is 5.32 Å². The van der Waals surface area contributed by atoms with E-state index < -0.39 is 38.5 Å². The Kier molecular flexibility index (Phi) is 5.12. The quantitative estimate of drug-likeness (QED) is 0.635. The van der Waals surface area contributed by atoms with E-state index in [1.165, 1.54) is 0 Å². The highest BCUT2D eigenvalue weighted by atomic mass is 32.2. The molecule has 0 bridgehead atoms. The first kappa shape index (κ1) is 19.5. The number of rotatable bonds is 4. The van der Waals surface area contributed by atoms with E-state index in [2.05, 4.69) is 9.50 Å². The summed E-state index contributed by atoms with van der Waals surface area (Å²) >= 11 is 0. The number of amides is 1. The van der Waals surface area contributed by atoms with Crippen molar-refractivity contribution >= 4 is 21.7 Å². The lowest BCUT2D eigenvalue weighted by Gasteiger charge is -2.11. The molecule has 0 atom stereocenters. The van der Waals surface area contributed by atoms with Gasteiger partial charge in [0.1, 0.15) is 6.26 Å². The average Bonchev–Trinajstić information content (AvgIpc) is 2.51. The number of alkyl halides is 3. The van der Waals surface area contributed by atoms with Crippen molar-refractivity contribution in [2.45, 2.75) is 19.4 Å². The smallest absolute Gasteiger partial charge is 0.455 e. The summed E-state index contributed by atoms with van der Waals surface area (Å²) in [6, 6.07) is 5.77. The summed E-state index contributed by atoms with van der Waals surface area (Å²) in [5.41, 5.74) is -5.04. The van der Waals surface area contributed by atoms with Crippen LogP contribution in [0.5, 0.6) is 5.75 Å². The normalized spacial score (nSPS) is 11.9. The third kappa shape index (κ3) is 4.04. The molecule has 0 aliphatic carbocycles. The van der Waals surface area contributed by atoms with Gasteiger partial charge in [-0.2, -0.15) is 21.6 Å². The number of carbonyl (C=O) groups excluding carboxylic acids is 1. The third-order valence-electron chi connectivity index (χ3n) is 3.22. The molecule has 0 radical (unpaired) electrons. The second kappa shape index (κ2) is 6.83. The minimum atomic E-state index is -6.03. The Hall–Kier alpha value is -2.82. The molecule has 1 aromatic carbocycles. The molecule has 0 fully saturated rings. The average molecular weight is 391 g/mol. The summed E-state index contributed by atoms with van der Waals surface area (Å²) in [5, 5.41) is 2.50. The number of halogens is 3. The van der Waals surface area contributed by atoms with Crippen LogP contribution in [0.1, 0.15) is 21.7 Å². The maximum atomic E-state index is 12.3. The Balaban J connectivity index is 2.27. The van der Waals surface area contributed by atoms with Crippen LogP contribution < -0.4 is 14.9 Å². The summed E-state index contributed by atoms with van der Waals surface area (Å²) < 4.78 is 67.0. The van der Waals surface area contributed by atoms with E-state index in [1.54, 1.807) is 32.0 Å². The number of para-hydroxylation sites is 1. The van der Waals surface area contributed by atoms with Gasteiger partial charge in [-0.05, 0) is 25.0 Å². The van der Waals surface area contributed by atoms with Crippen molar-refractivity contribution < 1.29 is 35.0 Å². The Morgan fingerprint density at radius 1 is 1.19 bits per heavy atom. The van der Waals surface area contributed by atoms with E-state index >= 15 is 0 Å². The van der Waals surface area contributed by atoms with Crippen molar-refractivity contribution in [1.82, 2.24) is 0 Å². The minimum absolute atomic E-state index is 0.325. The molecular formula is C15H12F3NO6S. The van der Waals surface area contributed by atoms with Gasteiger partial charge in [0.2, 0.25) is 11.2 Å². The molecule has 2 rings (SSSR count). The molecule has 0 aliphatic heterocycles. The molecule has 2 aromatic rings. The largest absolute Gasteiger partial charge is 0.534 e. The van der Waals surface area contributed by atoms with Crippen LogP contribution in [0.4, 0.5) is 18.9 Å². The third-order valence-corrected chi connectivity index (χ3v) is 4.19. The number of nitrogens with one attached hydrogen (secondary N) is 1. The lowest BCUT2D eigenvalue weighted by Crippen LogP contribution is -2.29. The van der Waals surface area contributed by atoms with Gasteiger partial charge in [0.15, 0.2) is 5.76 Å². The summed E-state index contributed by atoms with van der Waals surface area (Å²) in [7, 11) is -6.03. The highest BCUT2D eigenvalue weighted by molar-refractivity contribution is 7.87. The Labute approximate surface area is 145 Å². The van der Waals surface area contributed by atoms with E-state index in [9.17, 15) is 31.2 Å². The first-order valence-electron chi connectivity index (χ1n) is 6.93. The second-order valence-electron chi connectivity index (χ2n) is 5.18. The molecule has 0 unspecified atom stereocenters. The van der Waals surface area contributed by atoms with Crippen LogP contribution in [0.15, 0.2) is 39.7 Å². The summed E-state index contributed by atoms with van der Waals surface area (Å²) in [6.07, 6.45) is 0.325. The van der Waals surface area contributed by atoms with Gasteiger partial charge < -0.3 is 13.9 Å². The van der Waals surface area contributed by atoms with E-state index in [-0.39, 0.29) is 0 Å². The molecule has 7 nitrogen and oxygen atoms in total. The van der Waals surface area contributed by atoms with Crippen molar-refractivity contribution in [3.63, 3.8) is 0 Å². The highest BCUT2D eigenvalue weighted by Crippen LogP contribution is 2.26. The van der Waals surface area contributed by atoms with Gasteiger partial charge in [-0.1, -0.05) is 18.2 Å². The first-order chi connectivity index (χ1) is 11.9. The maximum Gasteiger partial charge on any atom is 0.534 e. The van der Waals surface area contributed by atoms with Crippen molar-refractivity contribution in [2.24, 2.45) is 0 Å². The predicted molar refractivity (Wildman–Crippen MR) is 84.5 cm³/mol. The predicted octanol–water partition coefficient (Wildman–Crippen LogP) is 2.74. The zero-order valence-electron chi connectivity index (χ0n) is 13.4.